The van der Waals surface area contributed by atoms with Crippen LogP contribution in [0.3, 0.4) is 0 Å². The minimum absolute atomic E-state index is 0.0525. The van der Waals surface area contributed by atoms with Gasteiger partial charge >= 0.3 is 0 Å². The summed E-state index contributed by atoms with van der Waals surface area (Å²) in [5, 5.41) is 15.8. The highest BCUT2D eigenvalue weighted by atomic mass is 32.1. The van der Waals surface area contributed by atoms with E-state index < -0.39 is 0 Å². The van der Waals surface area contributed by atoms with Crippen LogP contribution in [0, 0.1) is 0 Å². The SMILES string of the molecule is O=C(CCC(=O)N[C@H]1CCCc2ccccc21)Nc1nnc(C2CCCCC2)s1. The monoisotopic (exact) mass is 412 g/mol. The maximum Gasteiger partial charge on any atom is 0.226 e. The average Bonchev–Trinajstić information content (AvgIpc) is 3.22. The van der Waals surface area contributed by atoms with E-state index in [0.29, 0.717) is 11.0 Å². The fourth-order valence-corrected chi connectivity index (χ4v) is 5.31. The molecule has 6 nitrogen and oxygen atoms in total. The van der Waals surface area contributed by atoms with Gasteiger partial charge in [-0.05, 0) is 43.2 Å². The molecule has 2 N–H and O–H groups in total. The van der Waals surface area contributed by atoms with Gasteiger partial charge in [-0.3, -0.25) is 9.59 Å². The number of anilines is 1. The summed E-state index contributed by atoms with van der Waals surface area (Å²) >= 11 is 1.47. The molecule has 1 heterocycles. The third-order valence-corrected chi connectivity index (χ3v) is 6.93. The Bertz CT molecular complexity index is 860. The smallest absolute Gasteiger partial charge is 0.226 e. The van der Waals surface area contributed by atoms with Gasteiger partial charge in [-0.15, -0.1) is 10.2 Å². The number of benzene rings is 1. The van der Waals surface area contributed by atoms with Crippen LogP contribution >= 0.6 is 11.3 Å². The van der Waals surface area contributed by atoms with Crippen molar-refractivity contribution < 1.29 is 9.59 Å². The summed E-state index contributed by atoms with van der Waals surface area (Å²) in [5.41, 5.74) is 2.52. The van der Waals surface area contributed by atoms with Gasteiger partial charge in [0.2, 0.25) is 16.9 Å². The second-order valence-electron chi connectivity index (χ2n) is 8.04. The number of hydrogen-bond donors (Lipinski definition) is 2. The van der Waals surface area contributed by atoms with Crippen molar-refractivity contribution in [3.05, 3.63) is 40.4 Å². The van der Waals surface area contributed by atoms with E-state index in [1.54, 1.807) is 0 Å². The Kier molecular flexibility index (Phi) is 6.54. The zero-order valence-electron chi connectivity index (χ0n) is 16.7. The normalized spacial score (nSPS) is 19.4. The molecule has 4 rings (SSSR count). The van der Waals surface area contributed by atoms with Crippen molar-refractivity contribution in [2.45, 2.75) is 76.2 Å². The lowest BCUT2D eigenvalue weighted by Crippen LogP contribution is -2.31. The molecule has 2 aliphatic carbocycles. The van der Waals surface area contributed by atoms with Crippen LogP contribution in [0.15, 0.2) is 24.3 Å². The predicted octanol–water partition coefficient (Wildman–Crippen LogP) is 4.50. The van der Waals surface area contributed by atoms with Crippen molar-refractivity contribution in [1.29, 1.82) is 0 Å². The number of carbonyl (C=O) groups is 2. The summed E-state index contributed by atoms with van der Waals surface area (Å²) < 4.78 is 0. The summed E-state index contributed by atoms with van der Waals surface area (Å²) in [4.78, 5) is 24.6. The largest absolute Gasteiger partial charge is 0.349 e. The van der Waals surface area contributed by atoms with Gasteiger partial charge in [0.25, 0.3) is 0 Å². The highest BCUT2D eigenvalue weighted by Gasteiger charge is 2.22. The van der Waals surface area contributed by atoms with Crippen LogP contribution in [0.2, 0.25) is 0 Å². The van der Waals surface area contributed by atoms with E-state index in [-0.39, 0.29) is 30.7 Å². The maximum absolute atomic E-state index is 12.4. The fourth-order valence-electron chi connectivity index (χ4n) is 4.38. The van der Waals surface area contributed by atoms with Crippen molar-refractivity contribution in [1.82, 2.24) is 15.5 Å². The number of aromatic nitrogens is 2. The van der Waals surface area contributed by atoms with Gasteiger partial charge in [0.15, 0.2) is 0 Å². The molecular weight excluding hydrogens is 384 g/mol. The van der Waals surface area contributed by atoms with Gasteiger partial charge in [0.1, 0.15) is 5.01 Å². The molecule has 0 spiro atoms. The van der Waals surface area contributed by atoms with Crippen LogP contribution in [-0.4, -0.2) is 22.0 Å². The highest BCUT2D eigenvalue weighted by Crippen LogP contribution is 2.35. The lowest BCUT2D eigenvalue weighted by Gasteiger charge is -2.26. The van der Waals surface area contributed by atoms with Crippen LogP contribution in [0.4, 0.5) is 5.13 Å². The third kappa shape index (κ3) is 5.21. The van der Waals surface area contributed by atoms with E-state index in [1.165, 1.54) is 41.7 Å². The first-order valence-corrected chi connectivity index (χ1v) is 11.5. The Morgan fingerprint density at radius 2 is 1.76 bits per heavy atom. The fraction of sp³-hybridized carbons (Fsp3) is 0.545. The molecular formula is C22H28N4O2S. The summed E-state index contributed by atoms with van der Waals surface area (Å²) in [5.74, 6) is 0.216. The summed E-state index contributed by atoms with van der Waals surface area (Å²) in [6.45, 7) is 0. The Labute approximate surface area is 175 Å². The van der Waals surface area contributed by atoms with E-state index >= 15 is 0 Å². The standard InChI is InChI=1S/C22H28N4O2S/c27-19(23-18-12-6-10-15-7-4-5-11-17(15)18)13-14-20(28)24-22-26-25-21(29-22)16-8-2-1-3-9-16/h4-5,7,11,16,18H,1-3,6,8-10,12-14H2,(H,23,27)(H,24,26,28)/t18-/m0/s1. The first-order valence-electron chi connectivity index (χ1n) is 10.7. The number of nitrogens with one attached hydrogen (secondary N) is 2. The highest BCUT2D eigenvalue weighted by molar-refractivity contribution is 7.15. The molecule has 1 aromatic carbocycles. The molecule has 0 aliphatic heterocycles. The molecule has 2 aliphatic rings. The molecule has 0 saturated heterocycles. The van der Waals surface area contributed by atoms with Crippen molar-refractivity contribution in [2.75, 3.05) is 5.32 Å². The van der Waals surface area contributed by atoms with Crippen LogP contribution in [0.25, 0.3) is 0 Å². The molecule has 2 amide bonds. The molecule has 1 atom stereocenters. The van der Waals surface area contributed by atoms with Crippen molar-refractivity contribution in [2.24, 2.45) is 0 Å². The Morgan fingerprint density at radius 1 is 0.966 bits per heavy atom. The first kappa shape index (κ1) is 20.0. The van der Waals surface area contributed by atoms with Crippen molar-refractivity contribution in [3.63, 3.8) is 0 Å². The van der Waals surface area contributed by atoms with E-state index in [4.69, 9.17) is 0 Å². The molecule has 154 valence electrons. The third-order valence-electron chi connectivity index (χ3n) is 5.93. The number of aryl methyl sites for hydroxylation is 1. The van der Waals surface area contributed by atoms with Gasteiger partial charge in [0, 0.05) is 18.8 Å². The number of fused-ring (bicyclic) bond motifs is 1. The van der Waals surface area contributed by atoms with Gasteiger partial charge in [0.05, 0.1) is 6.04 Å². The average molecular weight is 413 g/mol. The molecule has 7 heteroatoms. The lowest BCUT2D eigenvalue weighted by atomic mass is 9.87. The van der Waals surface area contributed by atoms with Gasteiger partial charge in [-0.1, -0.05) is 54.9 Å². The molecule has 1 saturated carbocycles. The lowest BCUT2D eigenvalue weighted by molar-refractivity contribution is -0.125. The Balaban J connectivity index is 1.24. The molecule has 1 aromatic heterocycles. The molecule has 29 heavy (non-hydrogen) atoms. The summed E-state index contributed by atoms with van der Waals surface area (Å²) in [7, 11) is 0. The van der Waals surface area contributed by atoms with E-state index in [2.05, 4.69) is 33.0 Å². The number of rotatable bonds is 6. The second kappa shape index (κ2) is 9.48. The maximum atomic E-state index is 12.4. The van der Waals surface area contributed by atoms with E-state index in [0.717, 1.165) is 37.1 Å². The number of nitrogens with zero attached hydrogens (tertiary/aromatic N) is 2. The van der Waals surface area contributed by atoms with Crippen LogP contribution in [0.1, 0.15) is 85.9 Å². The molecule has 0 bridgehead atoms. The molecule has 2 aromatic rings. The van der Waals surface area contributed by atoms with Crippen molar-refractivity contribution in [3.8, 4) is 0 Å². The molecule has 0 unspecified atom stereocenters. The van der Waals surface area contributed by atoms with E-state index in [1.807, 2.05) is 12.1 Å². The minimum atomic E-state index is -0.185. The first-order chi connectivity index (χ1) is 14.2. The van der Waals surface area contributed by atoms with E-state index in [9.17, 15) is 9.59 Å². The van der Waals surface area contributed by atoms with Crippen LogP contribution in [-0.2, 0) is 16.0 Å². The predicted molar refractivity (Wildman–Crippen MR) is 114 cm³/mol. The zero-order chi connectivity index (χ0) is 20.1. The number of hydrogen-bond acceptors (Lipinski definition) is 5. The van der Waals surface area contributed by atoms with Crippen LogP contribution in [0.5, 0.6) is 0 Å². The number of carbonyl (C=O) groups excluding carboxylic acids is 2. The molecule has 1 fully saturated rings. The van der Waals surface area contributed by atoms with Gasteiger partial charge < -0.3 is 10.6 Å². The molecule has 0 radical (unpaired) electrons. The Hall–Kier alpha value is -2.28. The summed E-state index contributed by atoms with van der Waals surface area (Å²) in [6, 6.07) is 8.33. The topological polar surface area (TPSA) is 84.0 Å². The van der Waals surface area contributed by atoms with Gasteiger partial charge in [-0.2, -0.15) is 0 Å². The number of amides is 2. The minimum Gasteiger partial charge on any atom is -0.349 e. The second-order valence-corrected chi connectivity index (χ2v) is 9.05. The van der Waals surface area contributed by atoms with Gasteiger partial charge in [-0.25, -0.2) is 0 Å². The quantitative estimate of drug-likeness (QED) is 0.732. The Morgan fingerprint density at radius 3 is 2.62 bits per heavy atom. The summed E-state index contributed by atoms with van der Waals surface area (Å²) in [6.07, 6.45) is 9.52. The van der Waals surface area contributed by atoms with Crippen LogP contribution < -0.4 is 10.6 Å². The van der Waals surface area contributed by atoms with Crippen molar-refractivity contribution >= 4 is 28.3 Å². The zero-order valence-corrected chi connectivity index (χ0v) is 17.5.